The van der Waals surface area contributed by atoms with Crippen molar-refractivity contribution in [1.29, 1.82) is 0 Å². The first-order chi connectivity index (χ1) is 19.2. The summed E-state index contributed by atoms with van der Waals surface area (Å²) in [4.78, 5) is 56.3. The molecule has 1 N–H and O–H groups in total. The topological polar surface area (TPSA) is 149 Å². The van der Waals surface area contributed by atoms with E-state index in [4.69, 9.17) is 28.4 Å². The molecule has 1 aliphatic heterocycles. The molecule has 0 spiro atoms. The molecule has 2 heterocycles. The van der Waals surface area contributed by atoms with E-state index in [2.05, 4.69) is 10.3 Å². The third kappa shape index (κ3) is 7.69. The van der Waals surface area contributed by atoms with Crippen molar-refractivity contribution in [3.63, 3.8) is 0 Å². The second-order valence-electron chi connectivity index (χ2n) is 9.39. The van der Waals surface area contributed by atoms with Crippen LogP contribution in [0.5, 0.6) is 11.5 Å². The number of carbonyl (C=O) groups excluding carboxylic acids is 4. The zero-order valence-electron chi connectivity index (χ0n) is 23.1. The average Bonchev–Trinajstić information content (AvgIpc) is 2.98. The quantitative estimate of drug-likeness (QED) is 0.260. The molecule has 1 fully saturated rings. The summed E-state index contributed by atoms with van der Waals surface area (Å²) in [6.45, 7) is 4.11. The predicted molar refractivity (Wildman–Crippen MR) is 139 cm³/mol. The van der Waals surface area contributed by atoms with Crippen molar-refractivity contribution in [1.82, 2.24) is 10.3 Å². The number of nitrogens with zero attached hydrogens (tertiary/aromatic N) is 1. The molecule has 1 aliphatic rings. The molecular weight excluding hydrogens is 524 g/mol. The molecule has 0 bridgehead atoms. The largest absolute Gasteiger partial charge is 0.493 e. The maximum Gasteiger partial charge on any atom is 0.332 e. The lowest BCUT2D eigenvalue weighted by Crippen LogP contribution is -2.47. The van der Waals surface area contributed by atoms with E-state index in [1.54, 1.807) is 13.8 Å². The second-order valence-corrected chi connectivity index (χ2v) is 9.39. The van der Waals surface area contributed by atoms with Gasteiger partial charge in [-0.15, -0.1) is 0 Å². The molecule has 0 unspecified atom stereocenters. The van der Waals surface area contributed by atoms with Gasteiger partial charge in [0.2, 0.25) is 0 Å². The minimum Gasteiger partial charge on any atom is -0.493 e. The third-order valence-corrected chi connectivity index (χ3v) is 6.09. The number of hydrogen-bond donors (Lipinski definition) is 1. The molecule has 1 amide bonds. The lowest BCUT2D eigenvalue weighted by molar-refractivity contribution is -0.176. The number of benzene rings is 1. The van der Waals surface area contributed by atoms with Crippen LogP contribution in [-0.4, -0.2) is 74.7 Å². The fourth-order valence-electron chi connectivity index (χ4n) is 3.99. The molecule has 0 aliphatic carbocycles. The van der Waals surface area contributed by atoms with E-state index in [0.29, 0.717) is 0 Å². The summed E-state index contributed by atoms with van der Waals surface area (Å²) < 4.78 is 32.4. The van der Waals surface area contributed by atoms with Crippen molar-refractivity contribution < 1.29 is 47.6 Å². The summed E-state index contributed by atoms with van der Waals surface area (Å²) in [5.41, 5.74) is 0.611. The van der Waals surface area contributed by atoms with Crippen molar-refractivity contribution >= 4 is 23.8 Å². The van der Waals surface area contributed by atoms with E-state index in [1.165, 1.54) is 33.4 Å². The molecule has 12 heteroatoms. The van der Waals surface area contributed by atoms with Crippen molar-refractivity contribution in [3.8, 4) is 11.5 Å². The molecule has 216 valence electrons. The van der Waals surface area contributed by atoms with E-state index in [1.807, 2.05) is 30.3 Å². The number of esters is 3. The number of cyclic esters (lactones) is 2. The van der Waals surface area contributed by atoms with Gasteiger partial charge in [-0.2, -0.15) is 0 Å². The standard InChI is InChI=1S/C28H34N2O10/c1-16(2)26(32)40-23-17(3)39-28(34)20(14-37-27(33)19(23)13-18-9-7-6-8-10-18)30-25(31)22-24(38-15-35-4)21(36-5)11-12-29-22/h6-12,16-17,19-20,23H,13-15H2,1-5H3,(H,30,31)/t17-,19+,20-,23-/m0/s1. The van der Waals surface area contributed by atoms with Gasteiger partial charge < -0.3 is 33.7 Å². The highest BCUT2D eigenvalue weighted by Gasteiger charge is 2.42. The Balaban J connectivity index is 1.88. The number of nitrogens with one attached hydrogen (secondary N) is 1. The van der Waals surface area contributed by atoms with Gasteiger partial charge in [-0.1, -0.05) is 44.2 Å². The number of aromatic nitrogens is 1. The van der Waals surface area contributed by atoms with Gasteiger partial charge in [-0.05, 0) is 18.9 Å². The normalized spacial score (nSPS) is 21.2. The molecule has 0 radical (unpaired) electrons. The summed E-state index contributed by atoms with van der Waals surface area (Å²) >= 11 is 0. The molecule has 1 saturated heterocycles. The Hall–Kier alpha value is -4.19. The predicted octanol–water partition coefficient (Wildman–Crippen LogP) is 2.09. The Kier molecular flexibility index (Phi) is 10.8. The van der Waals surface area contributed by atoms with Gasteiger partial charge in [-0.25, -0.2) is 9.78 Å². The van der Waals surface area contributed by atoms with E-state index in [-0.39, 0.29) is 30.4 Å². The van der Waals surface area contributed by atoms with Crippen LogP contribution in [0, 0.1) is 11.8 Å². The van der Waals surface area contributed by atoms with E-state index >= 15 is 0 Å². The Bertz CT molecular complexity index is 1190. The molecule has 3 rings (SSSR count). The molecule has 0 saturated carbocycles. The van der Waals surface area contributed by atoms with Crippen LogP contribution in [0.1, 0.15) is 36.8 Å². The Morgan fingerprint density at radius 2 is 1.82 bits per heavy atom. The SMILES string of the molecule is COCOc1c(OC)ccnc1C(=O)N[C@H]1COC(=O)[C@H](Cc2ccccc2)[C@@H](OC(=O)C(C)C)[C@H](C)OC1=O. The summed E-state index contributed by atoms with van der Waals surface area (Å²) in [5, 5.41) is 2.49. The van der Waals surface area contributed by atoms with Crippen molar-refractivity contribution in [2.75, 3.05) is 27.6 Å². The van der Waals surface area contributed by atoms with Crippen molar-refractivity contribution in [3.05, 3.63) is 53.9 Å². The maximum absolute atomic E-state index is 13.3. The first-order valence-electron chi connectivity index (χ1n) is 12.7. The number of ether oxygens (including phenoxy) is 6. The van der Waals surface area contributed by atoms with Crippen molar-refractivity contribution in [2.45, 2.75) is 45.4 Å². The van der Waals surface area contributed by atoms with Gasteiger partial charge in [0.25, 0.3) is 5.91 Å². The Labute approximate surface area is 232 Å². The molecule has 40 heavy (non-hydrogen) atoms. The number of rotatable bonds is 10. The third-order valence-electron chi connectivity index (χ3n) is 6.09. The van der Waals surface area contributed by atoms with Gasteiger partial charge >= 0.3 is 17.9 Å². The van der Waals surface area contributed by atoms with Gasteiger partial charge in [0.05, 0.1) is 13.0 Å². The number of pyridine rings is 1. The van der Waals surface area contributed by atoms with Crippen LogP contribution in [0.15, 0.2) is 42.6 Å². The molecule has 1 aromatic heterocycles. The Morgan fingerprint density at radius 3 is 2.48 bits per heavy atom. The lowest BCUT2D eigenvalue weighted by Gasteiger charge is -2.29. The summed E-state index contributed by atoms with van der Waals surface area (Å²) in [6, 6.07) is 9.22. The Morgan fingerprint density at radius 1 is 1.10 bits per heavy atom. The van der Waals surface area contributed by atoms with Gasteiger partial charge in [0.1, 0.15) is 18.6 Å². The van der Waals surface area contributed by atoms with E-state index in [0.717, 1.165) is 5.56 Å². The highest BCUT2D eigenvalue weighted by Crippen LogP contribution is 2.30. The first-order valence-corrected chi connectivity index (χ1v) is 12.7. The highest BCUT2D eigenvalue weighted by atomic mass is 16.7. The minimum atomic E-state index is -1.39. The first kappa shape index (κ1) is 30.4. The molecular formula is C28H34N2O10. The summed E-state index contributed by atoms with van der Waals surface area (Å²) in [5.74, 6) is -4.21. The fourth-order valence-corrected chi connectivity index (χ4v) is 3.99. The van der Waals surface area contributed by atoms with Crippen molar-refractivity contribution in [2.24, 2.45) is 11.8 Å². The molecule has 1 aromatic carbocycles. The van der Waals surface area contributed by atoms with Crippen LogP contribution in [-0.2, 0) is 39.8 Å². The highest BCUT2D eigenvalue weighted by molar-refractivity contribution is 5.98. The molecule has 12 nitrogen and oxygen atoms in total. The minimum absolute atomic E-state index is 0.00488. The van der Waals surface area contributed by atoms with E-state index < -0.39 is 60.5 Å². The van der Waals surface area contributed by atoms with Crippen LogP contribution in [0.3, 0.4) is 0 Å². The molecule has 2 aromatic rings. The van der Waals surface area contributed by atoms with E-state index in [9.17, 15) is 19.2 Å². The number of methoxy groups -OCH3 is 2. The summed E-state index contributed by atoms with van der Waals surface area (Å²) in [6.07, 6.45) is -0.666. The van der Waals surface area contributed by atoms with Gasteiger partial charge in [0.15, 0.2) is 36.1 Å². The zero-order chi connectivity index (χ0) is 29.2. The van der Waals surface area contributed by atoms with Crippen LogP contribution in [0.2, 0.25) is 0 Å². The van der Waals surface area contributed by atoms with Crippen LogP contribution in [0.4, 0.5) is 0 Å². The lowest BCUT2D eigenvalue weighted by atomic mass is 9.91. The number of amides is 1. The number of hydrogen-bond acceptors (Lipinski definition) is 11. The van der Waals surface area contributed by atoms with Gasteiger partial charge in [-0.3, -0.25) is 14.4 Å². The van der Waals surface area contributed by atoms with Crippen LogP contribution < -0.4 is 14.8 Å². The smallest absolute Gasteiger partial charge is 0.332 e. The molecule has 4 atom stereocenters. The summed E-state index contributed by atoms with van der Waals surface area (Å²) in [7, 11) is 2.80. The fraction of sp³-hybridized carbons (Fsp3) is 0.464. The maximum atomic E-state index is 13.3. The van der Waals surface area contributed by atoms with Crippen LogP contribution >= 0.6 is 0 Å². The second kappa shape index (κ2) is 14.3. The zero-order valence-corrected chi connectivity index (χ0v) is 23.1. The monoisotopic (exact) mass is 558 g/mol. The number of carbonyl (C=O) groups is 4. The average molecular weight is 559 g/mol. The van der Waals surface area contributed by atoms with Gasteiger partial charge in [0, 0.05) is 19.4 Å². The van der Waals surface area contributed by atoms with Crippen LogP contribution in [0.25, 0.3) is 0 Å².